The van der Waals surface area contributed by atoms with Crippen LogP contribution in [0.4, 0.5) is 0 Å². The van der Waals surface area contributed by atoms with Gasteiger partial charge in [0.1, 0.15) is 0 Å². The Labute approximate surface area is 155 Å². The average Bonchev–Trinajstić information content (AvgIpc) is 2.85. The fourth-order valence-corrected chi connectivity index (χ4v) is 4.10. The molecule has 0 saturated carbocycles. The van der Waals surface area contributed by atoms with E-state index >= 15 is 0 Å². The van der Waals surface area contributed by atoms with Gasteiger partial charge in [-0.25, -0.2) is 0 Å². The molecule has 0 bridgehead atoms. The maximum atomic E-state index is 11.9. The molecule has 0 amide bonds. The Kier molecular flexibility index (Phi) is 11.9. The molecule has 1 aliphatic heterocycles. The highest BCUT2D eigenvalue weighted by Gasteiger charge is 2.44. The van der Waals surface area contributed by atoms with Crippen LogP contribution in [0.5, 0.6) is 0 Å². The van der Waals surface area contributed by atoms with E-state index in [-0.39, 0.29) is 23.8 Å². The van der Waals surface area contributed by atoms with Gasteiger partial charge < -0.3 is 4.74 Å². The Hall–Kier alpha value is -0.860. The third kappa shape index (κ3) is 8.37. The van der Waals surface area contributed by atoms with Crippen molar-refractivity contribution in [3.05, 3.63) is 0 Å². The first kappa shape index (κ1) is 22.2. The van der Waals surface area contributed by atoms with Gasteiger partial charge in [0.15, 0.2) is 0 Å². The number of carbonyl (C=O) groups is 2. The second-order valence-corrected chi connectivity index (χ2v) is 7.90. The Bertz CT molecular complexity index is 377. The minimum absolute atomic E-state index is 0.204. The number of ether oxygens (including phenoxy) is 1. The molecule has 0 spiro atoms. The van der Waals surface area contributed by atoms with Crippen LogP contribution >= 0.6 is 0 Å². The van der Waals surface area contributed by atoms with Crippen LogP contribution in [-0.4, -0.2) is 11.9 Å². The molecule has 1 aliphatic rings. The summed E-state index contributed by atoms with van der Waals surface area (Å²) in [5, 5.41) is 0. The zero-order valence-electron chi connectivity index (χ0n) is 16.9. The summed E-state index contributed by atoms with van der Waals surface area (Å²) < 4.78 is 4.80. The summed E-state index contributed by atoms with van der Waals surface area (Å²) in [6, 6.07) is 0. The van der Waals surface area contributed by atoms with Gasteiger partial charge in [0.25, 0.3) is 0 Å². The van der Waals surface area contributed by atoms with Crippen LogP contribution in [0.3, 0.4) is 0 Å². The monoisotopic (exact) mass is 352 g/mol. The first-order valence-corrected chi connectivity index (χ1v) is 10.9. The smallest absolute Gasteiger partial charge is 0.317 e. The lowest BCUT2D eigenvalue weighted by Gasteiger charge is -2.21. The average molecular weight is 353 g/mol. The molecule has 25 heavy (non-hydrogen) atoms. The summed E-state index contributed by atoms with van der Waals surface area (Å²) in [4.78, 5) is 23.4. The second-order valence-electron chi connectivity index (χ2n) is 7.90. The fourth-order valence-electron chi connectivity index (χ4n) is 4.10. The van der Waals surface area contributed by atoms with Gasteiger partial charge in [0.2, 0.25) is 0 Å². The quantitative estimate of drug-likeness (QED) is 0.193. The highest BCUT2D eigenvalue weighted by Crippen LogP contribution is 2.34. The van der Waals surface area contributed by atoms with Gasteiger partial charge in [-0.1, -0.05) is 104 Å². The zero-order valence-corrected chi connectivity index (χ0v) is 16.9. The van der Waals surface area contributed by atoms with E-state index in [2.05, 4.69) is 13.8 Å². The Balaban J connectivity index is 2.01. The first-order chi connectivity index (χ1) is 12.1. The van der Waals surface area contributed by atoms with Crippen LogP contribution < -0.4 is 0 Å². The number of hydrogen-bond donors (Lipinski definition) is 0. The highest BCUT2D eigenvalue weighted by molar-refractivity contribution is 5.96. The Morgan fingerprint density at radius 3 is 1.64 bits per heavy atom. The predicted molar refractivity (Wildman–Crippen MR) is 103 cm³/mol. The molecule has 146 valence electrons. The molecule has 0 N–H and O–H groups in total. The summed E-state index contributed by atoms with van der Waals surface area (Å²) in [7, 11) is 0. The van der Waals surface area contributed by atoms with Gasteiger partial charge in [0, 0.05) is 0 Å². The summed E-state index contributed by atoms with van der Waals surface area (Å²) in [6.07, 6.45) is 18.2. The van der Waals surface area contributed by atoms with E-state index in [1.807, 2.05) is 6.92 Å². The number of hydrogen-bond acceptors (Lipinski definition) is 3. The lowest BCUT2D eigenvalue weighted by molar-refractivity contribution is -0.154. The Morgan fingerprint density at radius 1 is 0.760 bits per heavy atom. The molecular weight excluding hydrogens is 312 g/mol. The van der Waals surface area contributed by atoms with Crippen molar-refractivity contribution in [3.63, 3.8) is 0 Å². The van der Waals surface area contributed by atoms with Crippen molar-refractivity contribution < 1.29 is 14.3 Å². The van der Waals surface area contributed by atoms with Gasteiger partial charge in [-0.2, -0.15) is 0 Å². The SMILES string of the molecule is CCCCCCCCCCCCCCC(CC)C1C(=O)OC(=O)C1C. The lowest BCUT2D eigenvalue weighted by atomic mass is 9.79. The van der Waals surface area contributed by atoms with Crippen LogP contribution in [0.15, 0.2) is 0 Å². The normalized spacial score (nSPS) is 21.6. The molecular formula is C22H40O3. The summed E-state index contributed by atoms with van der Waals surface area (Å²) in [6.45, 7) is 6.22. The molecule has 1 heterocycles. The van der Waals surface area contributed by atoms with Crippen molar-refractivity contribution in [3.8, 4) is 0 Å². The molecule has 0 radical (unpaired) electrons. The molecule has 3 heteroatoms. The number of cyclic esters (lactones) is 2. The van der Waals surface area contributed by atoms with E-state index in [0.29, 0.717) is 5.92 Å². The van der Waals surface area contributed by atoms with Crippen LogP contribution in [0.2, 0.25) is 0 Å². The minimum atomic E-state index is -0.330. The first-order valence-electron chi connectivity index (χ1n) is 10.9. The molecule has 0 aromatic rings. The van der Waals surface area contributed by atoms with Crippen molar-refractivity contribution in [1.82, 2.24) is 0 Å². The van der Waals surface area contributed by atoms with Gasteiger partial charge in [-0.3, -0.25) is 9.59 Å². The number of unbranched alkanes of at least 4 members (excludes halogenated alkanes) is 11. The van der Waals surface area contributed by atoms with Crippen molar-refractivity contribution in [1.29, 1.82) is 0 Å². The minimum Gasteiger partial charge on any atom is -0.393 e. The van der Waals surface area contributed by atoms with Crippen LogP contribution in [0.1, 0.15) is 111 Å². The van der Waals surface area contributed by atoms with Crippen molar-refractivity contribution >= 4 is 11.9 Å². The third-order valence-electron chi connectivity index (χ3n) is 5.84. The summed E-state index contributed by atoms with van der Waals surface area (Å²) in [5.74, 6) is -0.775. The number of carbonyl (C=O) groups excluding carboxylic acids is 2. The number of esters is 2. The third-order valence-corrected chi connectivity index (χ3v) is 5.84. The summed E-state index contributed by atoms with van der Waals surface area (Å²) in [5.41, 5.74) is 0. The van der Waals surface area contributed by atoms with E-state index < -0.39 is 0 Å². The molecule has 1 rings (SSSR count). The molecule has 0 aromatic heterocycles. The van der Waals surface area contributed by atoms with Crippen LogP contribution in [-0.2, 0) is 14.3 Å². The highest BCUT2D eigenvalue weighted by atomic mass is 16.6. The Morgan fingerprint density at radius 2 is 1.24 bits per heavy atom. The lowest BCUT2D eigenvalue weighted by Crippen LogP contribution is -2.24. The second kappa shape index (κ2) is 13.4. The summed E-state index contributed by atoms with van der Waals surface area (Å²) >= 11 is 0. The van der Waals surface area contributed by atoms with Crippen LogP contribution in [0, 0.1) is 17.8 Å². The van der Waals surface area contributed by atoms with Crippen molar-refractivity contribution in [2.45, 2.75) is 111 Å². The van der Waals surface area contributed by atoms with Gasteiger partial charge in [0.05, 0.1) is 11.8 Å². The van der Waals surface area contributed by atoms with E-state index in [1.165, 1.54) is 77.0 Å². The van der Waals surface area contributed by atoms with E-state index in [1.54, 1.807) is 0 Å². The van der Waals surface area contributed by atoms with Crippen molar-refractivity contribution in [2.75, 3.05) is 0 Å². The molecule has 0 aromatic carbocycles. The van der Waals surface area contributed by atoms with E-state index in [4.69, 9.17) is 4.74 Å². The predicted octanol–water partition coefficient (Wildman–Crippen LogP) is 6.44. The van der Waals surface area contributed by atoms with E-state index in [9.17, 15) is 9.59 Å². The molecule has 0 aliphatic carbocycles. The maximum Gasteiger partial charge on any atom is 0.317 e. The van der Waals surface area contributed by atoms with Gasteiger partial charge in [-0.15, -0.1) is 0 Å². The zero-order chi connectivity index (χ0) is 18.5. The van der Waals surface area contributed by atoms with E-state index in [0.717, 1.165) is 12.8 Å². The largest absolute Gasteiger partial charge is 0.393 e. The standard InChI is InChI=1S/C22H40O3/c1-4-6-7-8-9-10-11-12-13-14-15-16-17-19(5-2)20-18(3)21(23)25-22(20)24/h18-20H,4-17H2,1-3H3. The topological polar surface area (TPSA) is 43.4 Å². The molecule has 3 nitrogen and oxygen atoms in total. The number of rotatable bonds is 15. The molecule has 3 unspecified atom stereocenters. The molecule has 3 atom stereocenters. The fraction of sp³-hybridized carbons (Fsp3) is 0.909. The van der Waals surface area contributed by atoms with Crippen molar-refractivity contribution in [2.24, 2.45) is 17.8 Å². The van der Waals surface area contributed by atoms with Gasteiger partial charge >= 0.3 is 11.9 Å². The van der Waals surface area contributed by atoms with Crippen LogP contribution in [0.25, 0.3) is 0 Å². The molecule has 1 saturated heterocycles. The molecule has 1 fully saturated rings. The maximum absolute atomic E-state index is 11.9. The van der Waals surface area contributed by atoms with Gasteiger partial charge in [-0.05, 0) is 12.3 Å².